The van der Waals surface area contributed by atoms with Gasteiger partial charge in [-0.3, -0.25) is 4.79 Å². The fourth-order valence-corrected chi connectivity index (χ4v) is 3.49. The Bertz CT molecular complexity index is 560. The van der Waals surface area contributed by atoms with Gasteiger partial charge in [0.2, 0.25) is 5.91 Å². The summed E-state index contributed by atoms with van der Waals surface area (Å²) in [4.78, 5) is 25.2. The Morgan fingerprint density at radius 3 is 2.85 bits per heavy atom. The number of hydrogen-bond acceptors (Lipinski definition) is 2. The van der Waals surface area contributed by atoms with E-state index in [1.165, 1.54) is 0 Å². The molecule has 1 saturated heterocycles. The first-order chi connectivity index (χ1) is 9.58. The monoisotopic (exact) mass is 337 g/mol. The summed E-state index contributed by atoms with van der Waals surface area (Å²) in [7, 11) is 0. The number of benzene rings is 1. The maximum Gasteiger partial charge on any atom is 0.326 e. The van der Waals surface area contributed by atoms with Crippen LogP contribution in [-0.4, -0.2) is 34.5 Å². The van der Waals surface area contributed by atoms with Crippen LogP contribution in [0, 0.1) is 5.92 Å². The van der Waals surface area contributed by atoms with Gasteiger partial charge in [0.1, 0.15) is 6.04 Å². The Kier molecular flexibility index (Phi) is 3.54. The van der Waals surface area contributed by atoms with Crippen molar-refractivity contribution in [1.82, 2.24) is 4.90 Å². The SMILES string of the molecule is O=C(O)[C@H]1CCCN1C(=O)[C@@H]1C[C@@H]1c1cccc(Br)c1. The number of aliphatic carboxylic acids is 1. The minimum atomic E-state index is -0.879. The lowest BCUT2D eigenvalue weighted by atomic mass is 10.1. The summed E-state index contributed by atoms with van der Waals surface area (Å²) in [6.07, 6.45) is 2.20. The molecule has 2 fully saturated rings. The van der Waals surface area contributed by atoms with Crippen molar-refractivity contribution in [3.8, 4) is 0 Å². The molecule has 106 valence electrons. The molecule has 2 aliphatic rings. The highest BCUT2D eigenvalue weighted by molar-refractivity contribution is 9.10. The average Bonchev–Trinajstić information content (AvgIpc) is 3.06. The number of carbonyl (C=O) groups excluding carboxylic acids is 1. The van der Waals surface area contributed by atoms with Gasteiger partial charge in [0.05, 0.1) is 0 Å². The molecule has 0 bridgehead atoms. The van der Waals surface area contributed by atoms with Gasteiger partial charge in [-0.15, -0.1) is 0 Å². The van der Waals surface area contributed by atoms with Crippen molar-refractivity contribution >= 4 is 27.8 Å². The Hall–Kier alpha value is -1.36. The zero-order chi connectivity index (χ0) is 14.3. The van der Waals surface area contributed by atoms with Crippen LogP contribution in [0.25, 0.3) is 0 Å². The van der Waals surface area contributed by atoms with E-state index in [1.807, 2.05) is 24.3 Å². The highest BCUT2D eigenvalue weighted by atomic mass is 79.9. The summed E-state index contributed by atoms with van der Waals surface area (Å²) in [5.74, 6) is -0.658. The zero-order valence-electron chi connectivity index (χ0n) is 11.0. The maximum atomic E-state index is 12.4. The van der Waals surface area contributed by atoms with Gasteiger partial charge in [0, 0.05) is 16.9 Å². The lowest BCUT2D eigenvalue weighted by Crippen LogP contribution is -2.41. The Labute approximate surface area is 125 Å². The second-order valence-corrected chi connectivity index (χ2v) is 6.45. The van der Waals surface area contributed by atoms with Crippen molar-refractivity contribution in [3.63, 3.8) is 0 Å². The number of amides is 1. The molecule has 1 aromatic carbocycles. The maximum absolute atomic E-state index is 12.4. The number of nitrogens with zero attached hydrogens (tertiary/aromatic N) is 1. The van der Waals surface area contributed by atoms with E-state index in [1.54, 1.807) is 4.90 Å². The van der Waals surface area contributed by atoms with E-state index in [0.29, 0.717) is 13.0 Å². The average molecular weight is 338 g/mol. The highest BCUT2D eigenvalue weighted by Gasteiger charge is 2.48. The van der Waals surface area contributed by atoms with Crippen LogP contribution in [0.5, 0.6) is 0 Å². The van der Waals surface area contributed by atoms with Gasteiger partial charge >= 0.3 is 5.97 Å². The van der Waals surface area contributed by atoms with Gasteiger partial charge in [0.15, 0.2) is 0 Å². The highest BCUT2D eigenvalue weighted by Crippen LogP contribution is 2.49. The number of carboxylic acid groups (broad SMARTS) is 1. The molecule has 20 heavy (non-hydrogen) atoms. The summed E-state index contributed by atoms with van der Waals surface area (Å²) < 4.78 is 1.01. The number of likely N-dealkylation sites (tertiary alicyclic amines) is 1. The summed E-state index contributed by atoms with van der Waals surface area (Å²) in [5.41, 5.74) is 1.16. The van der Waals surface area contributed by atoms with Crippen LogP contribution in [0.2, 0.25) is 0 Å². The summed E-state index contributed by atoms with van der Waals surface area (Å²) in [6, 6.07) is 7.38. The normalized spacial score (nSPS) is 28.4. The van der Waals surface area contributed by atoms with Crippen LogP contribution in [0.3, 0.4) is 0 Å². The van der Waals surface area contributed by atoms with E-state index in [0.717, 1.165) is 22.9 Å². The molecular formula is C15H16BrNO3. The van der Waals surface area contributed by atoms with E-state index < -0.39 is 12.0 Å². The predicted octanol–water partition coefficient (Wildman–Crippen LogP) is 2.63. The second-order valence-electron chi connectivity index (χ2n) is 5.53. The molecule has 1 amide bonds. The van der Waals surface area contributed by atoms with Gasteiger partial charge in [-0.2, -0.15) is 0 Å². The lowest BCUT2D eigenvalue weighted by Gasteiger charge is -2.21. The summed E-state index contributed by atoms with van der Waals surface area (Å²) >= 11 is 3.44. The van der Waals surface area contributed by atoms with Crippen LogP contribution in [0.4, 0.5) is 0 Å². The lowest BCUT2D eigenvalue weighted by molar-refractivity contribution is -0.148. The molecule has 3 atom stereocenters. The van der Waals surface area contributed by atoms with Crippen LogP contribution in [0.1, 0.15) is 30.7 Å². The number of halogens is 1. The van der Waals surface area contributed by atoms with Crippen LogP contribution < -0.4 is 0 Å². The van der Waals surface area contributed by atoms with E-state index in [4.69, 9.17) is 5.11 Å². The summed E-state index contributed by atoms with van der Waals surface area (Å²) in [6.45, 7) is 0.581. The van der Waals surface area contributed by atoms with Gasteiger partial charge in [-0.25, -0.2) is 4.79 Å². The number of carboxylic acids is 1. The van der Waals surface area contributed by atoms with Gasteiger partial charge < -0.3 is 10.0 Å². The first-order valence-electron chi connectivity index (χ1n) is 6.86. The van der Waals surface area contributed by atoms with Crippen molar-refractivity contribution in [2.24, 2.45) is 5.92 Å². The molecule has 0 spiro atoms. The Morgan fingerprint density at radius 2 is 2.15 bits per heavy atom. The molecule has 1 heterocycles. The smallest absolute Gasteiger partial charge is 0.326 e. The van der Waals surface area contributed by atoms with E-state index in [2.05, 4.69) is 15.9 Å². The molecule has 4 nitrogen and oxygen atoms in total. The van der Waals surface area contributed by atoms with Crippen LogP contribution in [-0.2, 0) is 9.59 Å². The fourth-order valence-electron chi connectivity index (χ4n) is 3.07. The first-order valence-corrected chi connectivity index (χ1v) is 7.66. The molecular weight excluding hydrogens is 322 g/mol. The van der Waals surface area contributed by atoms with Crippen molar-refractivity contribution in [3.05, 3.63) is 34.3 Å². The molecule has 1 N–H and O–H groups in total. The van der Waals surface area contributed by atoms with Gasteiger partial charge in [-0.05, 0) is 42.9 Å². The molecule has 1 aliphatic heterocycles. The zero-order valence-corrected chi connectivity index (χ0v) is 12.5. The topological polar surface area (TPSA) is 57.6 Å². The predicted molar refractivity (Wildman–Crippen MR) is 77.4 cm³/mol. The number of carbonyl (C=O) groups is 2. The van der Waals surface area contributed by atoms with Gasteiger partial charge in [-0.1, -0.05) is 28.1 Å². The molecule has 5 heteroatoms. The first kappa shape index (κ1) is 13.6. The molecule has 1 saturated carbocycles. The molecule has 1 aromatic rings. The molecule has 0 aromatic heterocycles. The molecule has 3 rings (SSSR count). The van der Waals surface area contributed by atoms with E-state index in [-0.39, 0.29) is 17.7 Å². The summed E-state index contributed by atoms with van der Waals surface area (Å²) in [5, 5.41) is 9.15. The molecule has 1 aliphatic carbocycles. The fraction of sp³-hybridized carbons (Fsp3) is 0.467. The molecule has 0 radical (unpaired) electrons. The third-order valence-electron chi connectivity index (χ3n) is 4.21. The van der Waals surface area contributed by atoms with Gasteiger partial charge in [0.25, 0.3) is 0 Å². The number of hydrogen-bond donors (Lipinski definition) is 1. The van der Waals surface area contributed by atoms with E-state index in [9.17, 15) is 9.59 Å². The Morgan fingerprint density at radius 1 is 1.35 bits per heavy atom. The van der Waals surface area contributed by atoms with E-state index >= 15 is 0 Å². The van der Waals surface area contributed by atoms with Crippen LogP contribution in [0.15, 0.2) is 28.7 Å². The Balaban J connectivity index is 1.70. The largest absolute Gasteiger partial charge is 0.480 e. The minimum absolute atomic E-state index is 0.0138. The van der Waals surface area contributed by atoms with Crippen molar-refractivity contribution < 1.29 is 14.7 Å². The quantitative estimate of drug-likeness (QED) is 0.922. The molecule has 0 unspecified atom stereocenters. The number of rotatable bonds is 3. The third-order valence-corrected chi connectivity index (χ3v) is 4.70. The second kappa shape index (κ2) is 5.20. The van der Waals surface area contributed by atoms with Crippen molar-refractivity contribution in [1.29, 1.82) is 0 Å². The minimum Gasteiger partial charge on any atom is -0.480 e. The van der Waals surface area contributed by atoms with Crippen molar-refractivity contribution in [2.45, 2.75) is 31.2 Å². The van der Waals surface area contributed by atoms with Crippen molar-refractivity contribution in [2.75, 3.05) is 6.54 Å². The van der Waals surface area contributed by atoms with Crippen LogP contribution >= 0.6 is 15.9 Å². The third kappa shape index (κ3) is 2.46. The standard InChI is InChI=1S/C15H16BrNO3/c16-10-4-1-3-9(7-10)11-8-12(11)14(18)17-6-2-5-13(17)15(19)20/h1,3-4,7,11-13H,2,5-6,8H2,(H,19,20)/t11-,12-,13-/m1/s1.